The summed E-state index contributed by atoms with van der Waals surface area (Å²) in [6.07, 6.45) is 10.2. The number of aliphatic hydroxyl groups is 1. The largest absolute Gasteiger partial charge is 0.356 e. The maximum atomic E-state index is 10.7. The highest BCUT2D eigenvalue weighted by Gasteiger charge is 2.27. The van der Waals surface area contributed by atoms with Crippen molar-refractivity contribution < 1.29 is 9.84 Å². The van der Waals surface area contributed by atoms with Crippen LogP contribution >= 0.6 is 0 Å². The van der Waals surface area contributed by atoms with Gasteiger partial charge in [0.05, 0.1) is 5.60 Å². The van der Waals surface area contributed by atoms with Crippen LogP contribution in [0.25, 0.3) is 0 Å². The van der Waals surface area contributed by atoms with Crippen LogP contribution in [-0.4, -0.2) is 54.2 Å². The van der Waals surface area contributed by atoms with E-state index in [1.165, 1.54) is 0 Å². The third kappa shape index (κ3) is 9.84. The smallest absolute Gasteiger partial charge is 0.216 e. The van der Waals surface area contributed by atoms with Crippen molar-refractivity contribution in [3.63, 3.8) is 0 Å². The Kier molecular flexibility index (Phi) is 13.0. The number of amidine groups is 1. The molecule has 0 aromatic heterocycles. The van der Waals surface area contributed by atoms with Crippen molar-refractivity contribution in [1.82, 2.24) is 10.2 Å². The third-order valence-corrected chi connectivity index (χ3v) is 5.48. The van der Waals surface area contributed by atoms with E-state index < -0.39 is 12.0 Å². The van der Waals surface area contributed by atoms with Crippen LogP contribution in [-0.2, 0) is 4.74 Å². The van der Waals surface area contributed by atoms with E-state index in [-0.39, 0.29) is 0 Å². The van der Waals surface area contributed by atoms with Crippen LogP contribution in [0, 0.1) is 5.92 Å². The van der Waals surface area contributed by atoms with E-state index in [4.69, 9.17) is 4.74 Å². The first-order chi connectivity index (χ1) is 16.9. The number of nitrogens with zero attached hydrogens (tertiary/aromatic N) is 3. The van der Waals surface area contributed by atoms with Gasteiger partial charge in [0.2, 0.25) is 6.41 Å². The Morgan fingerprint density at radius 2 is 1.92 bits per heavy atom. The minimum atomic E-state index is -0.944. The molecule has 1 unspecified atom stereocenters. The monoisotopic (exact) mass is 496 g/mol. The van der Waals surface area contributed by atoms with Crippen LogP contribution in [0.3, 0.4) is 0 Å². The average Bonchev–Trinajstić information content (AvgIpc) is 3.17. The maximum absolute atomic E-state index is 10.7. The summed E-state index contributed by atoms with van der Waals surface area (Å²) in [6, 6.07) is 0. The first-order valence-electron chi connectivity index (χ1n) is 12.8. The Bertz CT molecular complexity index is 956. The zero-order valence-corrected chi connectivity index (χ0v) is 24.0. The molecular formula is C30H48N4O2. The summed E-state index contributed by atoms with van der Waals surface area (Å²) in [7, 11) is 1.78. The molecule has 0 saturated heterocycles. The molecule has 0 radical (unpaired) electrons. The van der Waals surface area contributed by atoms with Gasteiger partial charge in [-0.05, 0) is 77.0 Å². The molecule has 0 aromatic carbocycles. The molecule has 0 amide bonds. The lowest BCUT2D eigenvalue weighted by atomic mass is 9.87. The molecule has 0 fully saturated rings. The van der Waals surface area contributed by atoms with Crippen LogP contribution in [0.4, 0.5) is 0 Å². The average molecular weight is 497 g/mol. The Morgan fingerprint density at radius 3 is 2.42 bits per heavy atom. The predicted molar refractivity (Wildman–Crippen MR) is 155 cm³/mol. The third-order valence-electron chi connectivity index (χ3n) is 5.48. The number of hydrogen-bond acceptors (Lipinski definition) is 5. The molecule has 0 spiro atoms. The van der Waals surface area contributed by atoms with Gasteiger partial charge in [0, 0.05) is 49.9 Å². The van der Waals surface area contributed by atoms with Crippen molar-refractivity contribution in [2.45, 2.75) is 80.2 Å². The first kappa shape index (κ1) is 31.5. The standard InChI is InChI=1S/C30H48N4O2/c1-12-16-32-18-24(13-2)25-19-33-28(31-11)27(25)26(22(5)6)23(7)15-14-17-34(20-21(3)4)29(35)36-30(8,9)10/h12-13,16,18-19,21,29,35H,5,7,14-15,17,20H2,1-4,6,8-11H3,(H,31,33)/b16-12+,24-13+,27-26+,32-18-. The van der Waals surface area contributed by atoms with Crippen LogP contribution < -0.4 is 5.32 Å². The van der Waals surface area contributed by atoms with Gasteiger partial charge in [-0.25, -0.2) is 0 Å². The SMILES string of the molecule is C=C(C)/C(C(=C)CCCN(CC(C)C)C(O)OC(C)(C)C)=C1/C(C(/C=N\C=C\C)=C/C)=CN/C1=N/C. The highest BCUT2D eigenvalue weighted by molar-refractivity contribution is 6.11. The van der Waals surface area contributed by atoms with E-state index in [9.17, 15) is 5.11 Å². The molecule has 2 N–H and O–H groups in total. The molecule has 0 saturated carbocycles. The zero-order valence-electron chi connectivity index (χ0n) is 24.0. The van der Waals surface area contributed by atoms with Crippen LogP contribution in [0.2, 0.25) is 0 Å². The van der Waals surface area contributed by atoms with E-state index in [1.807, 2.05) is 71.0 Å². The number of hydrogen-bond donors (Lipinski definition) is 2. The number of aliphatic hydroxyl groups excluding tert-OH is 1. The van der Waals surface area contributed by atoms with Gasteiger partial charge in [0.15, 0.2) is 0 Å². The topological polar surface area (TPSA) is 69.5 Å². The van der Waals surface area contributed by atoms with Gasteiger partial charge in [-0.2, -0.15) is 0 Å². The van der Waals surface area contributed by atoms with Crippen molar-refractivity contribution >= 4 is 12.1 Å². The second-order valence-electron chi connectivity index (χ2n) is 10.5. The number of ether oxygens (including phenoxy) is 1. The number of allylic oxidation sites excluding steroid dienone is 6. The van der Waals surface area contributed by atoms with Gasteiger partial charge in [-0.15, -0.1) is 0 Å². The summed E-state index contributed by atoms with van der Waals surface area (Å²) in [5.41, 5.74) is 5.50. The quantitative estimate of drug-likeness (QED) is 0.232. The molecule has 1 aliphatic rings. The van der Waals surface area contributed by atoms with Gasteiger partial charge in [-0.3, -0.25) is 14.9 Å². The molecule has 6 heteroatoms. The molecule has 0 aliphatic carbocycles. The minimum absolute atomic E-state index is 0.406. The van der Waals surface area contributed by atoms with Crippen molar-refractivity contribution in [2.75, 3.05) is 20.1 Å². The molecule has 1 heterocycles. The Hall–Kier alpha value is -2.54. The van der Waals surface area contributed by atoms with Crippen molar-refractivity contribution in [1.29, 1.82) is 0 Å². The van der Waals surface area contributed by atoms with Crippen molar-refractivity contribution in [3.05, 3.63) is 71.1 Å². The van der Waals surface area contributed by atoms with Crippen LogP contribution in [0.5, 0.6) is 0 Å². The Morgan fingerprint density at radius 1 is 1.25 bits per heavy atom. The summed E-state index contributed by atoms with van der Waals surface area (Å²) in [6.45, 7) is 26.2. The van der Waals surface area contributed by atoms with E-state index in [1.54, 1.807) is 13.2 Å². The highest BCUT2D eigenvalue weighted by atomic mass is 16.6. The lowest BCUT2D eigenvalue weighted by Gasteiger charge is -2.33. The van der Waals surface area contributed by atoms with Gasteiger partial charge in [0.25, 0.3) is 0 Å². The Labute approximate surface area is 219 Å². The number of aliphatic imine (C=N–C) groups is 2. The number of rotatable bonds is 13. The van der Waals surface area contributed by atoms with Crippen molar-refractivity contribution in [2.24, 2.45) is 15.9 Å². The fraction of sp³-hybridized carbons (Fsp3) is 0.533. The van der Waals surface area contributed by atoms with E-state index in [0.717, 1.165) is 58.7 Å². The van der Waals surface area contributed by atoms with Gasteiger partial charge >= 0.3 is 0 Å². The highest BCUT2D eigenvalue weighted by Crippen LogP contribution is 2.34. The van der Waals surface area contributed by atoms with Crippen LogP contribution in [0.15, 0.2) is 81.1 Å². The second-order valence-corrected chi connectivity index (χ2v) is 10.5. The fourth-order valence-electron chi connectivity index (χ4n) is 4.04. The maximum Gasteiger partial charge on any atom is 0.216 e. The zero-order chi connectivity index (χ0) is 27.5. The molecule has 0 aromatic rings. The first-order valence-corrected chi connectivity index (χ1v) is 12.8. The lowest BCUT2D eigenvalue weighted by molar-refractivity contribution is -0.240. The summed E-state index contributed by atoms with van der Waals surface area (Å²) < 4.78 is 5.83. The van der Waals surface area contributed by atoms with E-state index in [0.29, 0.717) is 12.5 Å². The second kappa shape index (κ2) is 14.9. The summed E-state index contributed by atoms with van der Waals surface area (Å²) in [5.74, 6) is 1.20. The summed E-state index contributed by atoms with van der Waals surface area (Å²) in [5, 5.41) is 14.0. The van der Waals surface area contributed by atoms with E-state index in [2.05, 4.69) is 42.3 Å². The van der Waals surface area contributed by atoms with Crippen molar-refractivity contribution in [3.8, 4) is 0 Å². The van der Waals surface area contributed by atoms with E-state index >= 15 is 0 Å². The van der Waals surface area contributed by atoms with Crippen LogP contribution in [0.1, 0.15) is 68.2 Å². The summed E-state index contributed by atoms with van der Waals surface area (Å²) >= 11 is 0. The van der Waals surface area contributed by atoms with Gasteiger partial charge < -0.3 is 15.2 Å². The number of nitrogens with one attached hydrogen (secondary N) is 1. The molecule has 36 heavy (non-hydrogen) atoms. The fourth-order valence-corrected chi connectivity index (χ4v) is 4.04. The summed E-state index contributed by atoms with van der Waals surface area (Å²) in [4.78, 5) is 10.9. The molecule has 200 valence electrons. The molecular weight excluding hydrogens is 448 g/mol. The normalized spacial score (nSPS) is 18.5. The molecule has 1 atom stereocenters. The minimum Gasteiger partial charge on any atom is -0.356 e. The Balaban J connectivity index is 3.21. The van der Waals surface area contributed by atoms with Gasteiger partial charge in [0.1, 0.15) is 5.84 Å². The predicted octanol–water partition coefficient (Wildman–Crippen LogP) is 6.31. The molecule has 1 rings (SSSR count). The molecule has 0 bridgehead atoms. The molecule has 6 nitrogen and oxygen atoms in total. The lowest BCUT2D eigenvalue weighted by Crippen LogP contribution is -2.44. The molecule has 1 aliphatic heterocycles. The van der Waals surface area contributed by atoms with Gasteiger partial charge in [-0.1, -0.05) is 44.7 Å².